The molecule has 0 aromatic heterocycles. The number of rotatable bonds is 17. The van der Waals surface area contributed by atoms with Gasteiger partial charge >= 0.3 is 29.3 Å². The van der Waals surface area contributed by atoms with E-state index in [2.05, 4.69) is 10.2 Å². The van der Waals surface area contributed by atoms with Gasteiger partial charge in [0.25, 0.3) is 0 Å². The van der Waals surface area contributed by atoms with E-state index >= 15 is 0 Å². The molecule has 2 rings (SSSR count). The van der Waals surface area contributed by atoms with Crippen molar-refractivity contribution >= 4 is 64.9 Å². The van der Waals surface area contributed by atoms with Crippen molar-refractivity contribution in [3.8, 4) is 11.5 Å². The molecule has 1 N–H and O–H groups in total. The summed E-state index contributed by atoms with van der Waals surface area (Å²) in [6.45, 7) is 0. The Kier molecular flexibility index (Phi) is 14.0. The molecule has 0 heterocycles. The van der Waals surface area contributed by atoms with E-state index in [1.807, 2.05) is 24.3 Å². The molecule has 18 heteroatoms. The number of hydrazone groups is 1. The standard InChI is InChI=1S/C21H32N4O8P4S2/c1-22-34(38)32-20-11-7-18(8-12-20)15-23-24(2)35(39)33-21-13-9-19(10-14-21)25(16-36(26,28-3)29-4)17-37(27,30-5)31-6/h7-15H,16-17H2,1-6H3,(H,22,38)/q+2. The van der Waals surface area contributed by atoms with Crippen LogP contribution in [0.4, 0.5) is 5.69 Å². The lowest BCUT2D eigenvalue weighted by molar-refractivity contribution is 0.270. The first kappa shape index (κ1) is 33.8. The highest BCUT2D eigenvalue weighted by Gasteiger charge is 2.32. The predicted molar refractivity (Wildman–Crippen MR) is 163 cm³/mol. The summed E-state index contributed by atoms with van der Waals surface area (Å²) in [5, 5.41) is 7.27. The van der Waals surface area contributed by atoms with Gasteiger partial charge in [-0.05, 0) is 54.1 Å². The molecule has 0 saturated heterocycles. The van der Waals surface area contributed by atoms with E-state index in [1.165, 1.54) is 28.4 Å². The first-order valence-electron chi connectivity index (χ1n) is 11.1. The van der Waals surface area contributed by atoms with Gasteiger partial charge in [-0.15, -0.1) is 10.2 Å². The summed E-state index contributed by atoms with van der Waals surface area (Å²) in [5.41, 5.74) is 1.42. The molecule has 0 bridgehead atoms. The van der Waals surface area contributed by atoms with Crippen molar-refractivity contribution in [3.05, 3.63) is 54.1 Å². The van der Waals surface area contributed by atoms with E-state index in [4.69, 9.17) is 50.8 Å². The molecule has 0 saturated carbocycles. The maximum absolute atomic E-state index is 12.8. The Morgan fingerprint density at radius 3 is 1.77 bits per heavy atom. The zero-order valence-corrected chi connectivity index (χ0v) is 27.5. The molecule has 0 fully saturated rings. The minimum atomic E-state index is -3.49. The summed E-state index contributed by atoms with van der Waals surface area (Å²) in [7, 11) is -1.03. The third kappa shape index (κ3) is 10.8. The normalized spacial score (nSPS) is 12.8. The second-order valence-electron chi connectivity index (χ2n) is 7.47. The molecule has 2 aromatic rings. The number of nitrogens with zero attached hydrogens (tertiary/aromatic N) is 3. The molecule has 0 aliphatic rings. The number of hydrogen-bond donors (Lipinski definition) is 1. The van der Waals surface area contributed by atoms with E-state index in [1.54, 1.807) is 54.3 Å². The van der Waals surface area contributed by atoms with E-state index in [0.717, 1.165) is 5.56 Å². The Labute approximate surface area is 241 Å². The SMILES string of the molecule is CN[P+](=S)Oc1ccc(C=NN(C)[P+](=S)Oc2ccc(N(CP(=O)(OC)OC)CP(=O)(OC)OC)cc2)cc1. The monoisotopic (exact) mass is 656 g/mol. The molecule has 2 atom stereocenters. The minimum Gasteiger partial charge on any atom is -0.348 e. The summed E-state index contributed by atoms with van der Waals surface area (Å²) >= 11 is 10.6. The van der Waals surface area contributed by atoms with Crippen LogP contribution in [0.3, 0.4) is 0 Å². The molecule has 0 spiro atoms. The van der Waals surface area contributed by atoms with Gasteiger partial charge in [-0.1, -0.05) is 4.78 Å². The fourth-order valence-corrected chi connectivity index (χ4v) is 6.71. The molecule has 0 aliphatic heterocycles. The van der Waals surface area contributed by atoms with E-state index < -0.39 is 29.3 Å². The van der Waals surface area contributed by atoms with Gasteiger partial charge < -0.3 is 23.0 Å². The van der Waals surface area contributed by atoms with E-state index in [0.29, 0.717) is 17.2 Å². The average molecular weight is 657 g/mol. The molecule has 0 radical (unpaired) electrons. The van der Waals surface area contributed by atoms with Crippen LogP contribution in [0.25, 0.3) is 0 Å². The Balaban J connectivity index is 2.09. The van der Waals surface area contributed by atoms with Crippen molar-refractivity contribution in [2.45, 2.75) is 0 Å². The highest BCUT2D eigenvalue weighted by Crippen LogP contribution is 2.52. The minimum absolute atomic E-state index is 0.181. The molecule has 2 unspecified atom stereocenters. The first-order valence-corrected chi connectivity index (χ1v) is 19.1. The van der Waals surface area contributed by atoms with Crippen LogP contribution in [0.15, 0.2) is 53.6 Å². The van der Waals surface area contributed by atoms with Gasteiger partial charge in [0.05, 0.1) is 13.3 Å². The molecular weight excluding hydrogens is 624 g/mol. The van der Waals surface area contributed by atoms with Crippen molar-refractivity contribution in [1.29, 1.82) is 0 Å². The highest BCUT2D eigenvalue weighted by atomic mass is 32.4. The fraction of sp³-hybridized carbons (Fsp3) is 0.381. The maximum atomic E-state index is 12.8. The molecule has 0 aliphatic carbocycles. The summed E-state index contributed by atoms with van der Waals surface area (Å²) < 4.78 is 58.8. The fourth-order valence-electron chi connectivity index (χ4n) is 2.82. The van der Waals surface area contributed by atoms with Gasteiger partial charge in [0, 0.05) is 41.2 Å². The van der Waals surface area contributed by atoms with E-state index in [-0.39, 0.29) is 12.6 Å². The largest absolute Gasteiger partial charge is 0.540 e. The number of anilines is 1. The topological polar surface area (TPSA) is 120 Å². The number of hydrogen-bond acceptors (Lipinski definition) is 12. The first-order chi connectivity index (χ1) is 18.5. The molecule has 39 heavy (non-hydrogen) atoms. The van der Waals surface area contributed by atoms with Crippen LogP contribution >= 0.6 is 29.3 Å². The summed E-state index contributed by atoms with van der Waals surface area (Å²) in [4.78, 5) is 1.54. The van der Waals surface area contributed by atoms with Crippen LogP contribution in [-0.4, -0.2) is 66.1 Å². The third-order valence-corrected chi connectivity index (χ3v) is 12.0. The summed E-state index contributed by atoms with van der Waals surface area (Å²) in [6, 6.07) is 14.1. The molecule has 0 amide bonds. The lowest BCUT2D eigenvalue weighted by atomic mass is 10.2. The zero-order valence-electron chi connectivity index (χ0n) is 22.3. The van der Waals surface area contributed by atoms with Crippen LogP contribution in [0.2, 0.25) is 0 Å². The van der Waals surface area contributed by atoms with Crippen molar-refractivity contribution in [3.63, 3.8) is 0 Å². The van der Waals surface area contributed by atoms with Crippen molar-refractivity contribution < 1.29 is 36.3 Å². The van der Waals surface area contributed by atoms with Gasteiger partial charge in [0.2, 0.25) is 23.6 Å². The van der Waals surface area contributed by atoms with Crippen LogP contribution in [0.1, 0.15) is 5.56 Å². The number of benzene rings is 2. The number of nitrogens with one attached hydrogen (secondary N) is 1. The second kappa shape index (κ2) is 16.2. The molecule has 214 valence electrons. The van der Waals surface area contributed by atoms with Crippen LogP contribution < -0.4 is 19.0 Å². The third-order valence-electron chi connectivity index (χ3n) is 5.05. The van der Waals surface area contributed by atoms with Gasteiger partial charge in [-0.2, -0.15) is 0 Å². The predicted octanol–water partition coefficient (Wildman–Crippen LogP) is 5.87. The van der Waals surface area contributed by atoms with Crippen LogP contribution in [0, 0.1) is 0 Å². The quantitative estimate of drug-likeness (QED) is 0.124. The van der Waals surface area contributed by atoms with Crippen LogP contribution in [0.5, 0.6) is 11.5 Å². The van der Waals surface area contributed by atoms with Gasteiger partial charge in [-0.3, -0.25) is 18.2 Å². The van der Waals surface area contributed by atoms with Gasteiger partial charge in [0.1, 0.15) is 12.6 Å². The summed E-state index contributed by atoms with van der Waals surface area (Å²) in [5.74, 6) is 1.17. The molecule has 12 nitrogen and oxygen atoms in total. The highest BCUT2D eigenvalue weighted by molar-refractivity contribution is 8.02. The van der Waals surface area contributed by atoms with Gasteiger partial charge in [0.15, 0.2) is 11.5 Å². The Bertz CT molecular complexity index is 1190. The lowest BCUT2D eigenvalue weighted by Crippen LogP contribution is -2.27. The summed E-state index contributed by atoms with van der Waals surface area (Å²) in [6.07, 6.45) is 1.30. The smallest absolute Gasteiger partial charge is 0.348 e. The van der Waals surface area contributed by atoms with E-state index in [9.17, 15) is 9.13 Å². The van der Waals surface area contributed by atoms with Gasteiger partial charge in [-0.25, -0.2) is 0 Å². The molecule has 2 aromatic carbocycles. The molecular formula is C21H32N4O8P4S2+2. The van der Waals surface area contributed by atoms with Crippen molar-refractivity contribution in [2.24, 2.45) is 5.10 Å². The lowest BCUT2D eigenvalue weighted by Gasteiger charge is -2.29. The Morgan fingerprint density at radius 2 is 1.31 bits per heavy atom. The van der Waals surface area contributed by atoms with Crippen molar-refractivity contribution in [2.75, 3.05) is 60.0 Å². The maximum Gasteiger partial charge on any atom is 0.540 e. The Morgan fingerprint density at radius 1 is 0.846 bits per heavy atom. The second-order valence-corrected chi connectivity index (χ2v) is 16.3. The van der Waals surface area contributed by atoms with Crippen molar-refractivity contribution in [1.82, 2.24) is 9.87 Å². The average Bonchev–Trinajstić information content (AvgIpc) is 2.96. The zero-order chi connectivity index (χ0) is 29.1. The Hall–Kier alpha value is -1.39. The van der Waals surface area contributed by atoms with Crippen LogP contribution in [-0.2, 0) is 50.8 Å².